The quantitative estimate of drug-likeness (QED) is 0.568. The van der Waals surface area contributed by atoms with E-state index in [-0.39, 0.29) is 5.88 Å². The lowest BCUT2D eigenvalue weighted by molar-refractivity contribution is 0.457. The Morgan fingerprint density at radius 3 is 2.83 bits per heavy atom. The monoisotopic (exact) mass is 317 g/mol. The topological polar surface area (TPSA) is 79.1 Å². The van der Waals surface area contributed by atoms with Gasteiger partial charge < -0.3 is 10.1 Å². The molecule has 6 heteroatoms. The zero-order valence-electron chi connectivity index (χ0n) is 13.0. The number of H-pyrrole nitrogens is 1. The average molecular weight is 317 g/mol. The van der Waals surface area contributed by atoms with E-state index in [1.165, 1.54) is 0 Å². The first kappa shape index (κ1) is 14.2. The van der Waals surface area contributed by atoms with Crippen molar-refractivity contribution < 1.29 is 5.11 Å². The van der Waals surface area contributed by atoms with Crippen molar-refractivity contribution in [2.75, 3.05) is 0 Å². The van der Waals surface area contributed by atoms with E-state index >= 15 is 0 Å². The highest BCUT2D eigenvalue weighted by Crippen LogP contribution is 2.26. The standard InChI is InChI=1S/C18H15N5O/c1-23-16(10-15(22-23)12-6-3-2-4-7-12)20-11-14-13-8-5-9-19-17(13)21-18(14)24/h2-11,24H,1H3,(H,19,21). The van der Waals surface area contributed by atoms with E-state index in [1.807, 2.05) is 55.6 Å². The Kier molecular flexibility index (Phi) is 3.35. The average Bonchev–Trinajstić information content (AvgIpc) is 3.13. The molecule has 0 saturated heterocycles. The number of nitrogens with zero attached hydrogens (tertiary/aromatic N) is 4. The van der Waals surface area contributed by atoms with Crippen LogP contribution >= 0.6 is 0 Å². The molecule has 0 amide bonds. The predicted molar refractivity (Wildman–Crippen MR) is 93.7 cm³/mol. The summed E-state index contributed by atoms with van der Waals surface area (Å²) in [6.45, 7) is 0. The summed E-state index contributed by atoms with van der Waals surface area (Å²) in [4.78, 5) is 11.5. The van der Waals surface area contributed by atoms with Gasteiger partial charge in [-0.3, -0.25) is 4.68 Å². The van der Waals surface area contributed by atoms with Crippen LogP contribution in [-0.4, -0.2) is 31.1 Å². The molecule has 0 bridgehead atoms. The molecule has 0 aliphatic carbocycles. The van der Waals surface area contributed by atoms with E-state index in [1.54, 1.807) is 17.1 Å². The molecule has 2 N–H and O–H groups in total. The number of aromatic amines is 1. The fourth-order valence-corrected chi connectivity index (χ4v) is 2.62. The number of fused-ring (bicyclic) bond motifs is 1. The van der Waals surface area contributed by atoms with Crippen LogP contribution < -0.4 is 0 Å². The molecule has 6 nitrogen and oxygen atoms in total. The molecule has 0 aliphatic rings. The highest BCUT2D eigenvalue weighted by molar-refractivity contribution is 6.01. The summed E-state index contributed by atoms with van der Waals surface area (Å²) in [5.41, 5.74) is 3.13. The van der Waals surface area contributed by atoms with Gasteiger partial charge in [0.25, 0.3) is 0 Å². The molecule has 118 valence electrons. The largest absolute Gasteiger partial charge is 0.494 e. The summed E-state index contributed by atoms with van der Waals surface area (Å²) in [7, 11) is 1.84. The fourth-order valence-electron chi connectivity index (χ4n) is 2.62. The van der Waals surface area contributed by atoms with Crippen molar-refractivity contribution in [1.29, 1.82) is 0 Å². The Hall–Kier alpha value is -3.41. The molecule has 1 aromatic carbocycles. The highest BCUT2D eigenvalue weighted by Gasteiger charge is 2.10. The lowest BCUT2D eigenvalue weighted by Gasteiger charge is -1.94. The van der Waals surface area contributed by atoms with Gasteiger partial charge in [-0.05, 0) is 12.1 Å². The lowest BCUT2D eigenvalue weighted by atomic mass is 10.2. The van der Waals surface area contributed by atoms with Crippen LogP contribution in [0.15, 0.2) is 59.7 Å². The molecule has 0 saturated carbocycles. The van der Waals surface area contributed by atoms with Gasteiger partial charge in [0.15, 0.2) is 11.7 Å². The van der Waals surface area contributed by atoms with Gasteiger partial charge in [0.2, 0.25) is 0 Å². The van der Waals surface area contributed by atoms with E-state index < -0.39 is 0 Å². The van der Waals surface area contributed by atoms with Crippen molar-refractivity contribution in [3.05, 3.63) is 60.3 Å². The van der Waals surface area contributed by atoms with Crippen molar-refractivity contribution in [1.82, 2.24) is 19.7 Å². The zero-order valence-corrected chi connectivity index (χ0v) is 13.0. The number of aromatic nitrogens is 4. The minimum Gasteiger partial charge on any atom is -0.494 e. The highest BCUT2D eigenvalue weighted by atomic mass is 16.3. The van der Waals surface area contributed by atoms with Crippen LogP contribution in [0.3, 0.4) is 0 Å². The number of pyridine rings is 1. The van der Waals surface area contributed by atoms with E-state index in [2.05, 4.69) is 20.1 Å². The minimum absolute atomic E-state index is 0.0536. The van der Waals surface area contributed by atoms with Crippen LogP contribution in [0, 0.1) is 0 Å². The van der Waals surface area contributed by atoms with Crippen LogP contribution in [0.2, 0.25) is 0 Å². The van der Waals surface area contributed by atoms with Crippen molar-refractivity contribution >= 4 is 23.1 Å². The number of aliphatic imine (C=N–C) groups is 1. The smallest absolute Gasteiger partial charge is 0.199 e. The van der Waals surface area contributed by atoms with E-state index in [0.717, 1.165) is 16.6 Å². The third kappa shape index (κ3) is 2.44. The first-order valence-corrected chi connectivity index (χ1v) is 7.51. The van der Waals surface area contributed by atoms with E-state index in [9.17, 15) is 5.11 Å². The maximum absolute atomic E-state index is 10.1. The van der Waals surface area contributed by atoms with Gasteiger partial charge in [-0.15, -0.1) is 0 Å². The predicted octanol–water partition coefficient (Wildman–Crippen LogP) is 3.42. The number of benzene rings is 1. The second-order valence-electron chi connectivity index (χ2n) is 5.42. The first-order chi connectivity index (χ1) is 11.7. The third-order valence-electron chi connectivity index (χ3n) is 3.84. The van der Waals surface area contributed by atoms with Crippen LogP contribution in [0.1, 0.15) is 5.56 Å². The summed E-state index contributed by atoms with van der Waals surface area (Å²) < 4.78 is 1.71. The zero-order chi connectivity index (χ0) is 16.5. The van der Waals surface area contributed by atoms with E-state index in [4.69, 9.17) is 0 Å². The number of rotatable bonds is 3. The molecule has 3 heterocycles. The van der Waals surface area contributed by atoms with Gasteiger partial charge in [-0.1, -0.05) is 30.3 Å². The number of hydrogen-bond acceptors (Lipinski definition) is 4. The second kappa shape index (κ2) is 5.66. The summed E-state index contributed by atoms with van der Waals surface area (Å²) in [5, 5.41) is 15.4. The molecule has 0 aliphatic heterocycles. The van der Waals surface area contributed by atoms with Crippen LogP contribution in [-0.2, 0) is 7.05 Å². The Balaban J connectivity index is 1.71. The second-order valence-corrected chi connectivity index (χ2v) is 5.42. The van der Waals surface area contributed by atoms with Crippen molar-refractivity contribution in [2.45, 2.75) is 0 Å². The van der Waals surface area contributed by atoms with Gasteiger partial charge in [-0.2, -0.15) is 5.10 Å². The van der Waals surface area contributed by atoms with Gasteiger partial charge >= 0.3 is 0 Å². The van der Waals surface area contributed by atoms with E-state index in [0.29, 0.717) is 17.0 Å². The molecule has 0 radical (unpaired) electrons. The van der Waals surface area contributed by atoms with Crippen LogP contribution in [0.4, 0.5) is 5.82 Å². The molecule has 3 aromatic heterocycles. The maximum Gasteiger partial charge on any atom is 0.199 e. The summed E-state index contributed by atoms with van der Waals surface area (Å²) in [6.07, 6.45) is 3.30. The lowest BCUT2D eigenvalue weighted by Crippen LogP contribution is -1.90. The van der Waals surface area contributed by atoms with Crippen LogP contribution in [0.5, 0.6) is 5.88 Å². The molecule has 0 atom stereocenters. The number of hydrogen-bond donors (Lipinski definition) is 2. The van der Waals surface area contributed by atoms with Crippen molar-refractivity contribution in [3.8, 4) is 17.1 Å². The van der Waals surface area contributed by atoms with Crippen molar-refractivity contribution in [3.63, 3.8) is 0 Å². The molecular weight excluding hydrogens is 302 g/mol. The minimum atomic E-state index is 0.0536. The third-order valence-corrected chi connectivity index (χ3v) is 3.84. The molecule has 4 rings (SSSR count). The Morgan fingerprint density at radius 2 is 2.00 bits per heavy atom. The molecule has 0 spiro atoms. The summed E-state index contributed by atoms with van der Waals surface area (Å²) in [6, 6.07) is 15.6. The van der Waals surface area contributed by atoms with Gasteiger partial charge in [0, 0.05) is 36.5 Å². The molecule has 0 fully saturated rings. The maximum atomic E-state index is 10.1. The fraction of sp³-hybridized carbons (Fsp3) is 0.0556. The van der Waals surface area contributed by atoms with Gasteiger partial charge in [0.05, 0.1) is 11.3 Å². The summed E-state index contributed by atoms with van der Waals surface area (Å²) in [5.74, 6) is 0.754. The Labute approximate surface area is 138 Å². The van der Waals surface area contributed by atoms with Gasteiger partial charge in [-0.25, -0.2) is 9.98 Å². The number of aryl methyl sites for hydroxylation is 1. The molecule has 24 heavy (non-hydrogen) atoms. The number of aromatic hydroxyl groups is 1. The molecule has 0 unspecified atom stereocenters. The van der Waals surface area contributed by atoms with Gasteiger partial charge in [0.1, 0.15) is 5.65 Å². The normalized spacial score (nSPS) is 11.5. The SMILES string of the molecule is Cn1nc(-c2ccccc2)cc1N=Cc1c(O)[nH]c2ncccc12. The number of nitrogens with one attached hydrogen (secondary N) is 1. The Bertz CT molecular complexity index is 1030. The Morgan fingerprint density at radius 1 is 1.17 bits per heavy atom. The molecule has 4 aromatic rings. The summed E-state index contributed by atoms with van der Waals surface area (Å²) >= 11 is 0. The first-order valence-electron chi connectivity index (χ1n) is 7.51. The van der Waals surface area contributed by atoms with Crippen molar-refractivity contribution in [2.24, 2.45) is 12.0 Å². The van der Waals surface area contributed by atoms with Crippen LogP contribution in [0.25, 0.3) is 22.3 Å². The molecular formula is C18H15N5O.